The number of hydrogen-bond donors (Lipinski definition) is 1. The number of carboxylic acids is 1. The van der Waals surface area contributed by atoms with Crippen LogP contribution in [0.5, 0.6) is 0 Å². The van der Waals surface area contributed by atoms with E-state index < -0.39 is 5.97 Å². The molecule has 0 aliphatic carbocycles. The summed E-state index contributed by atoms with van der Waals surface area (Å²) in [6.07, 6.45) is 1.74. The van der Waals surface area contributed by atoms with Crippen LogP contribution in [-0.4, -0.2) is 40.0 Å². The highest BCUT2D eigenvalue weighted by atomic mass is 79.9. The summed E-state index contributed by atoms with van der Waals surface area (Å²) in [5, 5.41) is 8.54. The van der Waals surface area contributed by atoms with E-state index in [4.69, 9.17) is 5.11 Å². The first-order valence-corrected chi connectivity index (χ1v) is 5.00. The highest BCUT2D eigenvalue weighted by Gasteiger charge is 2.17. The molecule has 1 amide bonds. The number of aliphatic carboxylic acids is 1. The fourth-order valence-corrected chi connectivity index (χ4v) is 1.73. The number of amides is 1. The molecule has 82 valence electrons. The van der Waals surface area contributed by atoms with E-state index in [1.807, 2.05) is 0 Å². The maximum absolute atomic E-state index is 11.7. The minimum Gasteiger partial charge on any atom is -0.480 e. The van der Waals surface area contributed by atoms with Gasteiger partial charge in [-0.3, -0.25) is 9.59 Å². The largest absolute Gasteiger partial charge is 0.480 e. The van der Waals surface area contributed by atoms with Gasteiger partial charge in [-0.2, -0.15) is 0 Å². The van der Waals surface area contributed by atoms with Gasteiger partial charge in [0.2, 0.25) is 0 Å². The number of carbonyl (C=O) groups excluding carboxylic acids is 1. The summed E-state index contributed by atoms with van der Waals surface area (Å²) in [6.45, 7) is -0.304. The summed E-state index contributed by atoms with van der Waals surface area (Å²) in [7, 11) is 3.18. The van der Waals surface area contributed by atoms with Gasteiger partial charge in [-0.05, 0) is 22.0 Å². The quantitative estimate of drug-likeness (QED) is 0.893. The van der Waals surface area contributed by atoms with Crippen molar-refractivity contribution < 1.29 is 14.7 Å². The van der Waals surface area contributed by atoms with E-state index in [2.05, 4.69) is 15.9 Å². The standard InChI is InChI=1S/C9H11BrN2O3/c1-11-4-6(10)3-7(11)9(15)12(2)5-8(13)14/h3-4H,5H2,1-2H3,(H,13,14). The van der Waals surface area contributed by atoms with Crippen LogP contribution < -0.4 is 0 Å². The van der Waals surface area contributed by atoms with Crippen LogP contribution in [0.4, 0.5) is 0 Å². The molecule has 0 saturated heterocycles. The van der Waals surface area contributed by atoms with E-state index in [9.17, 15) is 9.59 Å². The number of aryl methyl sites for hydroxylation is 1. The molecule has 0 fully saturated rings. The van der Waals surface area contributed by atoms with Gasteiger partial charge in [0.1, 0.15) is 12.2 Å². The van der Waals surface area contributed by atoms with Crippen LogP contribution in [-0.2, 0) is 11.8 Å². The highest BCUT2D eigenvalue weighted by molar-refractivity contribution is 9.10. The van der Waals surface area contributed by atoms with E-state index >= 15 is 0 Å². The number of nitrogens with zero attached hydrogens (tertiary/aromatic N) is 2. The molecule has 1 heterocycles. The molecule has 0 bridgehead atoms. The SMILES string of the molecule is CN(CC(=O)O)C(=O)c1cc(Br)cn1C. The van der Waals surface area contributed by atoms with Gasteiger partial charge >= 0.3 is 5.97 Å². The molecule has 5 nitrogen and oxygen atoms in total. The summed E-state index contributed by atoms with van der Waals surface area (Å²) >= 11 is 3.24. The lowest BCUT2D eigenvalue weighted by Crippen LogP contribution is -2.32. The molecule has 0 radical (unpaired) electrons. The minimum absolute atomic E-state index is 0.304. The number of carbonyl (C=O) groups is 2. The molecule has 1 aromatic heterocycles. The molecule has 0 aliphatic heterocycles. The maximum Gasteiger partial charge on any atom is 0.323 e. The van der Waals surface area contributed by atoms with Crippen molar-refractivity contribution >= 4 is 27.8 Å². The van der Waals surface area contributed by atoms with Gasteiger partial charge in [-0.15, -0.1) is 0 Å². The predicted octanol–water partition coefficient (Wildman–Crippen LogP) is 0.944. The zero-order chi connectivity index (χ0) is 11.6. The van der Waals surface area contributed by atoms with Crippen molar-refractivity contribution in [3.8, 4) is 0 Å². The second-order valence-corrected chi connectivity index (χ2v) is 4.13. The summed E-state index contributed by atoms with van der Waals surface area (Å²) in [6, 6.07) is 1.65. The Bertz CT molecular complexity index is 400. The van der Waals surface area contributed by atoms with E-state index in [-0.39, 0.29) is 12.5 Å². The molecule has 1 N–H and O–H groups in total. The number of likely N-dealkylation sites (N-methyl/N-ethyl adjacent to an activating group) is 1. The Morgan fingerprint density at radius 2 is 2.20 bits per heavy atom. The molecule has 6 heteroatoms. The molecule has 1 rings (SSSR count). The molecule has 0 spiro atoms. The van der Waals surface area contributed by atoms with Gasteiger partial charge in [0.15, 0.2) is 0 Å². The molecule has 0 atom stereocenters. The third kappa shape index (κ3) is 2.82. The Morgan fingerprint density at radius 3 is 2.60 bits per heavy atom. The molecular formula is C9H11BrN2O3. The maximum atomic E-state index is 11.7. The minimum atomic E-state index is -1.03. The van der Waals surface area contributed by atoms with Gasteiger partial charge < -0.3 is 14.6 Å². The van der Waals surface area contributed by atoms with Gasteiger partial charge in [0, 0.05) is 24.8 Å². The molecular weight excluding hydrogens is 264 g/mol. The Balaban J connectivity index is 2.84. The van der Waals surface area contributed by atoms with E-state index in [1.54, 1.807) is 23.9 Å². The normalized spacial score (nSPS) is 10.1. The van der Waals surface area contributed by atoms with Gasteiger partial charge in [-0.25, -0.2) is 0 Å². The van der Waals surface area contributed by atoms with Crippen molar-refractivity contribution in [1.29, 1.82) is 0 Å². The van der Waals surface area contributed by atoms with Crippen LogP contribution in [0, 0.1) is 0 Å². The fraction of sp³-hybridized carbons (Fsp3) is 0.333. The number of rotatable bonds is 3. The zero-order valence-electron chi connectivity index (χ0n) is 8.40. The zero-order valence-corrected chi connectivity index (χ0v) is 9.98. The van der Waals surface area contributed by atoms with E-state index in [0.29, 0.717) is 5.69 Å². The van der Waals surface area contributed by atoms with Crippen LogP contribution in [0.25, 0.3) is 0 Å². The van der Waals surface area contributed by atoms with Crippen LogP contribution in [0.15, 0.2) is 16.7 Å². The molecule has 1 aromatic rings. The highest BCUT2D eigenvalue weighted by Crippen LogP contribution is 2.14. The van der Waals surface area contributed by atoms with Gasteiger partial charge in [-0.1, -0.05) is 0 Å². The molecule has 15 heavy (non-hydrogen) atoms. The molecule has 0 unspecified atom stereocenters. The van der Waals surface area contributed by atoms with E-state index in [1.165, 1.54) is 7.05 Å². The smallest absolute Gasteiger partial charge is 0.323 e. The number of aromatic nitrogens is 1. The first kappa shape index (κ1) is 11.8. The third-order valence-corrected chi connectivity index (χ3v) is 2.34. The molecule has 0 saturated carbocycles. The van der Waals surface area contributed by atoms with Crippen LogP contribution >= 0.6 is 15.9 Å². The Kier molecular flexibility index (Phi) is 3.52. The van der Waals surface area contributed by atoms with Crippen molar-refractivity contribution in [1.82, 2.24) is 9.47 Å². The summed E-state index contributed by atoms with van der Waals surface area (Å²) in [5.74, 6) is -1.34. The Hall–Kier alpha value is -1.30. The van der Waals surface area contributed by atoms with Gasteiger partial charge in [0.25, 0.3) is 5.91 Å². The topological polar surface area (TPSA) is 62.5 Å². The van der Waals surface area contributed by atoms with Crippen LogP contribution in [0.1, 0.15) is 10.5 Å². The first-order valence-electron chi connectivity index (χ1n) is 4.21. The van der Waals surface area contributed by atoms with Crippen molar-refractivity contribution in [2.45, 2.75) is 0 Å². The van der Waals surface area contributed by atoms with Crippen LogP contribution in [0.3, 0.4) is 0 Å². The second-order valence-electron chi connectivity index (χ2n) is 3.21. The first-order chi connectivity index (χ1) is 6.91. The van der Waals surface area contributed by atoms with Gasteiger partial charge in [0.05, 0.1) is 0 Å². The lowest BCUT2D eigenvalue weighted by atomic mass is 10.3. The lowest BCUT2D eigenvalue weighted by molar-refractivity contribution is -0.137. The molecule has 0 aromatic carbocycles. The number of halogens is 1. The number of carboxylic acid groups (broad SMARTS) is 1. The summed E-state index contributed by atoms with van der Waals surface area (Å²) in [5.41, 5.74) is 0.450. The Morgan fingerprint density at radius 1 is 1.60 bits per heavy atom. The molecule has 0 aliphatic rings. The van der Waals surface area contributed by atoms with Crippen molar-refractivity contribution in [2.24, 2.45) is 7.05 Å². The monoisotopic (exact) mass is 274 g/mol. The summed E-state index contributed by atoms with van der Waals surface area (Å²) < 4.78 is 2.43. The summed E-state index contributed by atoms with van der Waals surface area (Å²) in [4.78, 5) is 23.3. The van der Waals surface area contributed by atoms with Crippen molar-refractivity contribution in [3.63, 3.8) is 0 Å². The van der Waals surface area contributed by atoms with Crippen molar-refractivity contribution in [3.05, 3.63) is 22.4 Å². The average molecular weight is 275 g/mol. The second kappa shape index (κ2) is 4.48. The predicted molar refractivity (Wildman–Crippen MR) is 57.7 cm³/mol. The van der Waals surface area contributed by atoms with Crippen LogP contribution in [0.2, 0.25) is 0 Å². The Labute approximate surface area is 95.4 Å². The van der Waals surface area contributed by atoms with Crippen molar-refractivity contribution in [2.75, 3.05) is 13.6 Å². The lowest BCUT2D eigenvalue weighted by Gasteiger charge is -2.14. The fourth-order valence-electron chi connectivity index (χ4n) is 1.21. The number of hydrogen-bond acceptors (Lipinski definition) is 2. The average Bonchev–Trinajstić information content (AvgIpc) is 2.42. The third-order valence-electron chi connectivity index (χ3n) is 1.91. The van der Waals surface area contributed by atoms with E-state index in [0.717, 1.165) is 9.37 Å².